The van der Waals surface area contributed by atoms with Gasteiger partial charge in [0.25, 0.3) is 0 Å². The summed E-state index contributed by atoms with van der Waals surface area (Å²) in [5.41, 5.74) is 1.22. The Morgan fingerprint density at radius 2 is 2.04 bits per heavy atom. The van der Waals surface area contributed by atoms with Crippen LogP contribution in [0.15, 0.2) is 23.3 Å². The fourth-order valence-corrected chi connectivity index (χ4v) is 3.39. The third kappa shape index (κ3) is 5.91. The van der Waals surface area contributed by atoms with Crippen molar-refractivity contribution >= 4 is 11.8 Å². The molecule has 1 aliphatic carbocycles. The van der Waals surface area contributed by atoms with Gasteiger partial charge in [0, 0.05) is 38.4 Å². The van der Waals surface area contributed by atoms with Crippen molar-refractivity contribution in [3.8, 4) is 0 Å². The van der Waals surface area contributed by atoms with Gasteiger partial charge in [0.1, 0.15) is 5.82 Å². The number of aliphatic imine (C=N–C) groups is 1. The van der Waals surface area contributed by atoms with Crippen molar-refractivity contribution in [3.05, 3.63) is 23.9 Å². The lowest BCUT2D eigenvalue weighted by atomic mass is 10.1. The van der Waals surface area contributed by atoms with Crippen LogP contribution in [-0.2, 0) is 0 Å². The quantitative estimate of drug-likeness (QED) is 0.454. The van der Waals surface area contributed by atoms with E-state index in [2.05, 4.69) is 46.5 Å². The first kappa shape index (κ1) is 18.0. The molecule has 138 valence electrons. The zero-order chi connectivity index (χ0) is 17.5. The number of guanidine groups is 1. The molecule has 0 unspecified atom stereocenters. The van der Waals surface area contributed by atoms with Crippen LogP contribution in [0.2, 0.25) is 0 Å². The van der Waals surface area contributed by atoms with Crippen LogP contribution in [0.5, 0.6) is 0 Å². The van der Waals surface area contributed by atoms with Crippen LogP contribution >= 0.6 is 0 Å². The second kappa shape index (κ2) is 9.07. The summed E-state index contributed by atoms with van der Waals surface area (Å²) in [7, 11) is 0. The molecule has 0 amide bonds. The predicted octanol–water partition coefficient (Wildman–Crippen LogP) is 3.10. The van der Waals surface area contributed by atoms with E-state index < -0.39 is 0 Å². The molecule has 0 radical (unpaired) electrons. The monoisotopic (exact) mass is 343 g/mol. The van der Waals surface area contributed by atoms with Gasteiger partial charge in [-0.15, -0.1) is 0 Å². The van der Waals surface area contributed by atoms with Gasteiger partial charge < -0.3 is 15.5 Å². The molecule has 5 heteroatoms. The Morgan fingerprint density at radius 3 is 2.68 bits per heavy atom. The van der Waals surface area contributed by atoms with Crippen LogP contribution in [-0.4, -0.2) is 43.2 Å². The van der Waals surface area contributed by atoms with Crippen molar-refractivity contribution < 1.29 is 0 Å². The van der Waals surface area contributed by atoms with E-state index in [1.54, 1.807) is 0 Å². The van der Waals surface area contributed by atoms with E-state index in [1.165, 1.54) is 31.2 Å². The van der Waals surface area contributed by atoms with Gasteiger partial charge in [-0.05, 0) is 57.1 Å². The summed E-state index contributed by atoms with van der Waals surface area (Å²) in [6.45, 7) is 8.18. The topological polar surface area (TPSA) is 52.6 Å². The third-order valence-electron chi connectivity index (χ3n) is 5.14. The Balaban J connectivity index is 1.43. The molecule has 2 fully saturated rings. The molecule has 1 saturated carbocycles. The molecule has 0 spiro atoms. The number of aryl methyl sites for hydroxylation is 1. The van der Waals surface area contributed by atoms with Crippen molar-refractivity contribution in [2.24, 2.45) is 10.9 Å². The zero-order valence-electron chi connectivity index (χ0n) is 15.8. The van der Waals surface area contributed by atoms with Gasteiger partial charge in [0.05, 0.1) is 0 Å². The van der Waals surface area contributed by atoms with Crippen molar-refractivity contribution in [3.63, 3.8) is 0 Å². The molecule has 1 saturated heterocycles. The maximum Gasteiger partial charge on any atom is 0.191 e. The smallest absolute Gasteiger partial charge is 0.191 e. The van der Waals surface area contributed by atoms with Gasteiger partial charge in [0.15, 0.2) is 5.96 Å². The summed E-state index contributed by atoms with van der Waals surface area (Å²) in [5.74, 6) is 3.10. The third-order valence-corrected chi connectivity index (χ3v) is 5.14. The fourth-order valence-electron chi connectivity index (χ4n) is 3.39. The molecular formula is C20H33N5. The molecule has 0 bridgehead atoms. The molecule has 5 nitrogen and oxygen atoms in total. The van der Waals surface area contributed by atoms with Crippen molar-refractivity contribution in [2.45, 2.75) is 58.4 Å². The van der Waals surface area contributed by atoms with Gasteiger partial charge in [-0.3, -0.25) is 4.99 Å². The fraction of sp³-hybridized carbons (Fsp3) is 0.700. The lowest BCUT2D eigenvalue weighted by molar-refractivity contribution is 0.459. The first-order chi connectivity index (χ1) is 12.2. The zero-order valence-corrected chi connectivity index (χ0v) is 15.8. The number of rotatable bonds is 7. The second-order valence-electron chi connectivity index (χ2n) is 7.45. The van der Waals surface area contributed by atoms with Gasteiger partial charge in [-0.1, -0.05) is 18.9 Å². The number of hydrogen-bond donors (Lipinski definition) is 2. The van der Waals surface area contributed by atoms with Crippen molar-refractivity contribution in [1.82, 2.24) is 15.6 Å². The highest BCUT2D eigenvalue weighted by Gasteiger charge is 2.21. The number of pyridine rings is 1. The molecule has 0 aromatic carbocycles. The highest BCUT2D eigenvalue weighted by molar-refractivity contribution is 5.80. The first-order valence-corrected chi connectivity index (χ1v) is 9.97. The Kier molecular flexibility index (Phi) is 6.54. The molecule has 0 atom stereocenters. The number of nitrogens with one attached hydrogen (secondary N) is 2. The van der Waals surface area contributed by atoms with E-state index in [4.69, 9.17) is 4.99 Å². The normalized spacial score (nSPS) is 19.1. The molecule has 2 heterocycles. The maximum atomic E-state index is 4.76. The summed E-state index contributed by atoms with van der Waals surface area (Å²) in [6, 6.07) is 4.78. The van der Waals surface area contributed by atoms with E-state index >= 15 is 0 Å². The maximum absolute atomic E-state index is 4.76. The van der Waals surface area contributed by atoms with E-state index in [9.17, 15) is 0 Å². The van der Waals surface area contributed by atoms with E-state index in [0.29, 0.717) is 6.04 Å². The van der Waals surface area contributed by atoms with Crippen LogP contribution in [0.3, 0.4) is 0 Å². The molecule has 2 aliphatic rings. The average Bonchev–Trinajstić information content (AvgIpc) is 3.45. The number of nitrogens with zero attached hydrogens (tertiary/aromatic N) is 3. The lowest BCUT2D eigenvalue weighted by Crippen LogP contribution is -2.49. The molecule has 1 aliphatic heterocycles. The first-order valence-electron chi connectivity index (χ1n) is 9.97. The molecule has 1 aromatic heterocycles. The minimum Gasteiger partial charge on any atom is -0.357 e. The summed E-state index contributed by atoms with van der Waals surface area (Å²) < 4.78 is 0. The van der Waals surface area contributed by atoms with Gasteiger partial charge in [-0.2, -0.15) is 0 Å². The second-order valence-corrected chi connectivity index (χ2v) is 7.45. The van der Waals surface area contributed by atoms with Crippen molar-refractivity contribution in [2.75, 3.05) is 31.1 Å². The Hall–Kier alpha value is -1.78. The molecule has 2 N–H and O–H groups in total. The minimum atomic E-state index is 0.503. The molecule has 25 heavy (non-hydrogen) atoms. The SMILES string of the molecule is CCNC(=NCCCC1CC1)NC1CCN(c2ccc(C)cn2)CC1. The highest BCUT2D eigenvalue weighted by Crippen LogP contribution is 2.33. The van der Waals surface area contributed by atoms with Crippen molar-refractivity contribution in [1.29, 1.82) is 0 Å². The van der Waals surface area contributed by atoms with E-state index in [1.807, 2.05) is 6.20 Å². The van der Waals surface area contributed by atoms with Crippen LogP contribution in [0.4, 0.5) is 5.82 Å². The lowest BCUT2D eigenvalue weighted by Gasteiger charge is -2.33. The summed E-state index contributed by atoms with van der Waals surface area (Å²) in [6.07, 6.45) is 9.66. The minimum absolute atomic E-state index is 0.503. The Labute approximate surface area is 152 Å². The summed E-state index contributed by atoms with van der Waals surface area (Å²) >= 11 is 0. The molecule has 1 aromatic rings. The van der Waals surface area contributed by atoms with Crippen LogP contribution in [0, 0.1) is 12.8 Å². The van der Waals surface area contributed by atoms with Crippen LogP contribution < -0.4 is 15.5 Å². The number of aromatic nitrogens is 1. The molecule has 3 rings (SSSR count). The van der Waals surface area contributed by atoms with Crippen LogP contribution in [0.25, 0.3) is 0 Å². The average molecular weight is 344 g/mol. The number of hydrogen-bond acceptors (Lipinski definition) is 3. The summed E-state index contributed by atoms with van der Waals surface area (Å²) in [4.78, 5) is 11.7. The largest absolute Gasteiger partial charge is 0.357 e. The predicted molar refractivity (Wildman–Crippen MR) is 105 cm³/mol. The van der Waals surface area contributed by atoms with Gasteiger partial charge in [0.2, 0.25) is 0 Å². The number of anilines is 1. The van der Waals surface area contributed by atoms with Gasteiger partial charge in [-0.25, -0.2) is 4.98 Å². The van der Waals surface area contributed by atoms with E-state index in [-0.39, 0.29) is 0 Å². The highest BCUT2D eigenvalue weighted by atomic mass is 15.2. The number of piperidine rings is 1. The van der Waals surface area contributed by atoms with E-state index in [0.717, 1.165) is 56.7 Å². The standard InChI is InChI=1S/C20H33N5/c1-3-21-20(22-12-4-5-17-7-8-17)24-18-10-13-25(14-11-18)19-9-6-16(2)15-23-19/h6,9,15,17-18H,3-5,7-8,10-14H2,1-2H3,(H2,21,22,24). The Morgan fingerprint density at radius 1 is 1.24 bits per heavy atom. The Bertz CT molecular complexity index is 542. The van der Waals surface area contributed by atoms with Crippen LogP contribution in [0.1, 0.15) is 51.0 Å². The summed E-state index contributed by atoms with van der Waals surface area (Å²) in [5, 5.41) is 7.03. The van der Waals surface area contributed by atoms with Gasteiger partial charge >= 0.3 is 0 Å². The molecular weight excluding hydrogens is 310 g/mol.